The Labute approximate surface area is 174 Å². The molecule has 10 heteroatoms. The number of aryl methyl sites for hydroxylation is 1. The minimum absolute atomic E-state index is 0.0714. The molecule has 4 rings (SSSR count). The van der Waals surface area contributed by atoms with Crippen molar-refractivity contribution in [2.75, 3.05) is 0 Å². The number of benzene rings is 1. The van der Waals surface area contributed by atoms with Crippen molar-refractivity contribution in [1.29, 1.82) is 5.41 Å². The predicted molar refractivity (Wildman–Crippen MR) is 111 cm³/mol. The van der Waals surface area contributed by atoms with Crippen molar-refractivity contribution in [3.63, 3.8) is 0 Å². The lowest BCUT2D eigenvalue weighted by molar-refractivity contribution is -0.137. The number of hydrazone groups is 1. The molecule has 2 aliphatic heterocycles. The molecule has 30 heavy (non-hydrogen) atoms. The molecule has 0 aliphatic carbocycles. The molecule has 154 valence electrons. The van der Waals surface area contributed by atoms with Gasteiger partial charge >= 0.3 is 6.18 Å². The van der Waals surface area contributed by atoms with Crippen LogP contribution >= 0.6 is 11.8 Å². The molecule has 0 spiro atoms. The van der Waals surface area contributed by atoms with Crippen molar-refractivity contribution in [2.45, 2.75) is 26.9 Å². The number of amidine groups is 2. The molecule has 1 N–H and O–H groups in total. The molecule has 6 nitrogen and oxygen atoms in total. The van der Waals surface area contributed by atoms with Crippen molar-refractivity contribution in [2.24, 2.45) is 10.1 Å². The van der Waals surface area contributed by atoms with Crippen LogP contribution in [0.15, 0.2) is 46.0 Å². The number of rotatable bonds is 2. The first-order valence-electron chi connectivity index (χ1n) is 8.89. The highest BCUT2D eigenvalue weighted by Gasteiger charge is 2.35. The SMILES string of the molecule is CC1=NN2C(=N)/C(=C/c3cc(C)n(-c4cccc(C(F)(F)F)c4)c3C)C(=O)N=C2S1. The molecule has 0 saturated heterocycles. The summed E-state index contributed by atoms with van der Waals surface area (Å²) in [5.41, 5.74) is 1.66. The molecule has 1 amide bonds. The van der Waals surface area contributed by atoms with Crippen LogP contribution in [-0.4, -0.2) is 31.5 Å². The van der Waals surface area contributed by atoms with Gasteiger partial charge in [-0.2, -0.15) is 28.3 Å². The number of hydrogen-bond donors (Lipinski definition) is 1. The molecule has 0 saturated carbocycles. The topological polar surface area (TPSA) is 73.8 Å². The van der Waals surface area contributed by atoms with Crippen LogP contribution < -0.4 is 0 Å². The lowest BCUT2D eigenvalue weighted by Crippen LogP contribution is -2.35. The van der Waals surface area contributed by atoms with Gasteiger partial charge in [-0.05, 0) is 68.4 Å². The van der Waals surface area contributed by atoms with Gasteiger partial charge in [-0.15, -0.1) is 0 Å². The van der Waals surface area contributed by atoms with Gasteiger partial charge in [0.2, 0.25) is 5.17 Å². The fourth-order valence-corrected chi connectivity index (χ4v) is 4.13. The van der Waals surface area contributed by atoms with Gasteiger partial charge in [0.05, 0.1) is 16.2 Å². The first-order chi connectivity index (χ1) is 14.1. The first kappa shape index (κ1) is 20.1. The maximum atomic E-state index is 13.1. The number of carbonyl (C=O) groups excluding carboxylic acids is 1. The van der Waals surface area contributed by atoms with Gasteiger partial charge in [-0.25, -0.2) is 0 Å². The molecule has 0 unspecified atom stereocenters. The van der Waals surface area contributed by atoms with Gasteiger partial charge in [0.15, 0.2) is 5.84 Å². The fraction of sp³-hybridized carbons (Fsp3) is 0.200. The predicted octanol–water partition coefficient (Wildman–Crippen LogP) is 4.75. The number of fused-ring (bicyclic) bond motifs is 1. The normalized spacial score (nSPS) is 18.1. The number of amides is 1. The van der Waals surface area contributed by atoms with Crippen LogP contribution in [0.5, 0.6) is 0 Å². The average molecular weight is 431 g/mol. The summed E-state index contributed by atoms with van der Waals surface area (Å²) in [5, 5.41) is 14.9. The van der Waals surface area contributed by atoms with Crippen LogP contribution in [0.3, 0.4) is 0 Å². The van der Waals surface area contributed by atoms with Gasteiger partial charge < -0.3 is 4.57 Å². The van der Waals surface area contributed by atoms with Gasteiger partial charge in [-0.3, -0.25) is 10.2 Å². The van der Waals surface area contributed by atoms with E-state index in [1.807, 2.05) is 0 Å². The van der Waals surface area contributed by atoms with Gasteiger partial charge in [0.25, 0.3) is 5.91 Å². The summed E-state index contributed by atoms with van der Waals surface area (Å²) in [7, 11) is 0. The Hall–Kier alpha value is -3.14. The number of halogens is 3. The van der Waals surface area contributed by atoms with Crippen LogP contribution in [0.25, 0.3) is 11.8 Å². The maximum Gasteiger partial charge on any atom is 0.416 e. The van der Waals surface area contributed by atoms with E-state index in [0.717, 1.165) is 12.1 Å². The molecular weight excluding hydrogens is 415 g/mol. The second kappa shape index (κ2) is 6.98. The Morgan fingerprint density at radius 2 is 1.90 bits per heavy atom. The highest BCUT2D eigenvalue weighted by atomic mass is 32.2. The molecule has 1 aromatic carbocycles. The minimum Gasteiger partial charge on any atom is -0.318 e. The van der Waals surface area contributed by atoms with E-state index in [9.17, 15) is 18.0 Å². The third-order valence-corrected chi connectivity index (χ3v) is 5.58. The highest BCUT2D eigenvalue weighted by Crippen LogP contribution is 2.32. The summed E-state index contributed by atoms with van der Waals surface area (Å²) in [6.07, 6.45) is -2.91. The van der Waals surface area contributed by atoms with E-state index >= 15 is 0 Å². The summed E-state index contributed by atoms with van der Waals surface area (Å²) in [6, 6.07) is 6.82. The Bertz CT molecular complexity index is 1190. The number of hydrogen-bond acceptors (Lipinski definition) is 4. The zero-order valence-electron chi connectivity index (χ0n) is 16.2. The Kier molecular flexibility index (Phi) is 4.69. The lowest BCUT2D eigenvalue weighted by atomic mass is 10.1. The number of aliphatic imine (C=N–C) groups is 1. The smallest absolute Gasteiger partial charge is 0.318 e. The van der Waals surface area contributed by atoms with Crippen LogP contribution in [0.4, 0.5) is 13.2 Å². The third kappa shape index (κ3) is 3.36. The second-order valence-electron chi connectivity index (χ2n) is 6.85. The Morgan fingerprint density at radius 3 is 2.60 bits per heavy atom. The Morgan fingerprint density at radius 1 is 1.17 bits per heavy atom. The molecule has 0 atom stereocenters. The van der Waals surface area contributed by atoms with Crippen molar-refractivity contribution in [3.8, 4) is 5.69 Å². The first-order valence-corrected chi connectivity index (χ1v) is 9.71. The quantitative estimate of drug-likeness (QED) is 0.698. The van der Waals surface area contributed by atoms with E-state index < -0.39 is 17.6 Å². The number of alkyl halides is 3. The summed E-state index contributed by atoms with van der Waals surface area (Å²) < 4.78 is 41.0. The minimum atomic E-state index is -4.44. The van der Waals surface area contributed by atoms with Crippen LogP contribution in [0.2, 0.25) is 0 Å². The highest BCUT2D eigenvalue weighted by molar-refractivity contribution is 8.26. The van der Waals surface area contributed by atoms with E-state index in [0.29, 0.717) is 32.9 Å². The van der Waals surface area contributed by atoms with Crippen molar-refractivity contribution >= 4 is 39.8 Å². The number of carbonyl (C=O) groups is 1. The summed E-state index contributed by atoms with van der Waals surface area (Å²) in [4.78, 5) is 16.5. The molecule has 0 fully saturated rings. The van der Waals surface area contributed by atoms with Gasteiger partial charge in [0.1, 0.15) is 0 Å². The maximum absolute atomic E-state index is 13.1. The monoisotopic (exact) mass is 431 g/mol. The number of aromatic nitrogens is 1. The average Bonchev–Trinajstić information content (AvgIpc) is 3.16. The van der Waals surface area contributed by atoms with Gasteiger partial charge in [-0.1, -0.05) is 6.07 Å². The summed E-state index contributed by atoms with van der Waals surface area (Å²) in [6.45, 7) is 5.28. The fourth-order valence-electron chi connectivity index (χ4n) is 3.40. The van der Waals surface area contributed by atoms with Crippen LogP contribution in [0, 0.1) is 19.3 Å². The molecule has 0 bridgehead atoms. The Balaban J connectivity index is 1.77. The molecule has 1 aromatic heterocycles. The number of nitrogens with zero attached hydrogens (tertiary/aromatic N) is 4. The van der Waals surface area contributed by atoms with Crippen molar-refractivity contribution in [1.82, 2.24) is 9.58 Å². The molecule has 3 heterocycles. The molecule has 2 aromatic rings. The van der Waals surface area contributed by atoms with E-state index in [1.54, 1.807) is 37.5 Å². The largest absolute Gasteiger partial charge is 0.416 e. The molecule has 0 radical (unpaired) electrons. The zero-order chi connectivity index (χ0) is 21.8. The zero-order valence-corrected chi connectivity index (χ0v) is 17.0. The van der Waals surface area contributed by atoms with E-state index in [-0.39, 0.29) is 11.4 Å². The van der Waals surface area contributed by atoms with Gasteiger partial charge in [0, 0.05) is 17.1 Å². The summed E-state index contributed by atoms with van der Waals surface area (Å²) in [5.74, 6) is -0.634. The number of thioether (sulfide) groups is 1. The van der Waals surface area contributed by atoms with Crippen molar-refractivity contribution in [3.05, 3.63) is 58.4 Å². The standard InChI is InChI=1S/C20H16F3N5OS/c1-10-7-13(8-16-17(24)28-19(25-18(16)29)30-12(3)26-28)11(2)27(10)15-6-4-5-14(9-15)20(21,22)23/h4-9,24H,1-3H3/b16-8-,24-17?. The van der Waals surface area contributed by atoms with E-state index in [1.165, 1.54) is 28.9 Å². The van der Waals surface area contributed by atoms with Crippen LogP contribution in [-0.2, 0) is 11.0 Å². The molecule has 2 aliphatic rings. The number of nitrogens with one attached hydrogen (secondary N) is 1. The van der Waals surface area contributed by atoms with Crippen LogP contribution in [0.1, 0.15) is 29.4 Å². The van der Waals surface area contributed by atoms with E-state index in [4.69, 9.17) is 5.41 Å². The van der Waals surface area contributed by atoms with E-state index in [2.05, 4.69) is 10.1 Å². The lowest BCUT2D eigenvalue weighted by Gasteiger charge is -2.20. The summed E-state index contributed by atoms with van der Waals surface area (Å²) >= 11 is 1.22. The molecular formula is C20H16F3N5OS. The second-order valence-corrected chi connectivity index (χ2v) is 8.01. The van der Waals surface area contributed by atoms with Crippen molar-refractivity contribution < 1.29 is 18.0 Å². The third-order valence-electron chi connectivity index (χ3n) is 4.76.